The molecule has 0 aliphatic carbocycles. The number of carbonyl (C=O) groups excluding carboxylic acids is 1. The van der Waals surface area contributed by atoms with Gasteiger partial charge in [0.2, 0.25) is 0 Å². The summed E-state index contributed by atoms with van der Waals surface area (Å²) in [5.41, 5.74) is 8.83. The number of esters is 1. The molecule has 0 heterocycles. The van der Waals surface area contributed by atoms with Crippen LogP contribution in [-0.2, 0) is 26.1 Å². The molecular formula is C24H25NO5S. The van der Waals surface area contributed by atoms with Crippen LogP contribution in [0.25, 0.3) is 0 Å². The largest absolute Gasteiger partial charge is 0.469 e. The fourth-order valence-electron chi connectivity index (χ4n) is 3.33. The number of aryl methyl sites for hydroxylation is 1. The first-order chi connectivity index (χ1) is 14.8. The van der Waals surface area contributed by atoms with Gasteiger partial charge in [-0.2, -0.15) is 8.42 Å². The molecule has 3 aromatic rings. The molecule has 2 atom stereocenters. The molecule has 0 saturated heterocycles. The molecule has 2 unspecified atom stereocenters. The summed E-state index contributed by atoms with van der Waals surface area (Å²) in [6.45, 7) is 1.87. The van der Waals surface area contributed by atoms with Crippen molar-refractivity contribution < 1.29 is 22.1 Å². The Morgan fingerprint density at radius 1 is 0.968 bits per heavy atom. The summed E-state index contributed by atoms with van der Waals surface area (Å²) in [6.07, 6.45) is 0.452. The molecule has 0 radical (unpaired) electrons. The van der Waals surface area contributed by atoms with Crippen molar-refractivity contribution in [2.45, 2.75) is 30.2 Å². The Hall–Kier alpha value is -3.16. The number of hydrogen-bond donors (Lipinski definition) is 1. The number of nitrogens with two attached hydrogens (primary N) is 1. The van der Waals surface area contributed by atoms with Crippen molar-refractivity contribution in [3.05, 3.63) is 95.6 Å². The Morgan fingerprint density at radius 2 is 1.65 bits per heavy atom. The monoisotopic (exact) mass is 439 g/mol. The zero-order chi connectivity index (χ0) is 22.4. The highest BCUT2D eigenvalue weighted by molar-refractivity contribution is 7.87. The van der Waals surface area contributed by atoms with Crippen molar-refractivity contribution >= 4 is 16.1 Å². The van der Waals surface area contributed by atoms with E-state index in [1.165, 1.54) is 31.4 Å². The average Bonchev–Trinajstić information content (AvgIpc) is 2.74. The Morgan fingerprint density at radius 3 is 2.29 bits per heavy atom. The van der Waals surface area contributed by atoms with Crippen LogP contribution in [0.2, 0.25) is 0 Å². The Labute approximate surface area is 182 Å². The topological polar surface area (TPSA) is 95.7 Å². The van der Waals surface area contributed by atoms with Crippen molar-refractivity contribution in [2.75, 3.05) is 7.11 Å². The third-order valence-electron chi connectivity index (χ3n) is 4.93. The second-order valence-electron chi connectivity index (χ2n) is 7.28. The minimum atomic E-state index is -4.01. The number of rotatable bonds is 8. The van der Waals surface area contributed by atoms with Crippen LogP contribution in [-0.4, -0.2) is 27.5 Å². The smallest absolute Gasteiger partial charge is 0.339 e. The highest BCUT2D eigenvalue weighted by atomic mass is 32.2. The standard InChI is InChI=1S/C24H25NO5S/c1-17-11-13-21(14-12-17)31(27,28)30-20-10-6-9-19(16-20)23(24(26)29-2)22(25)15-18-7-4-3-5-8-18/h3-14,16,22-23H,15,25H2,1-2H3. The maximum absolute atomic E-state index is 12.6. The van der Waals surface area contributed by atoms with Crippen LogP contribution in [0.4, 0.5) is 0 Å². The van der Waals surface area contributed by atoms with Crippen LogP contribution in [0.15, 0.2) is 83.8 Å². The van der Waals surface area contributed by atoms with Crippen LogP contribution in [0.1, 0.15) is 22.6 Å². The molecule has 0 fully saturated rings. The Balaban J connectivity index is 1.87. The second kappa shape index (κ2) is 9.76. The van der Waals surface area contributed by atoms with E-state index in [2.05, 4.69) is 0 Å². The van der Waals surface area contributed by atoms with Crippen LogP contribution in [0.5, 0.6) is 5.75 Å². The SMILES string of the molecule is COC(=O)C(c1cccc(OS(=O)(=O)c2ccc(C)cc2)c1)C(N)Cc1ccccc1. The van der Waals surface area contributed by atoms with Gasteiger partial charge in [-0.25, -0.2) is 0 Å². The first kappa shape index (κ1) is 22.5. The number of methoxy groups -OCH3 is 1. The van der Waals surface area contributed by atoms with Crippen LogP contribution in [0, 0.1) is 6.92 Å². The maximum Gasteiger partial charge on any atom is 0.339 e. The normalized spacial score (nSPS) is 13.3. The fraction of sp³-hybridized carbons (Fsp3) is 0.208. The summed E-state index contributed by atoms with van der Waals surface area (Å²) >= 11 is 0. The predicted octanol–water partition coefficient (Wildman–Crippen LogP) is 3.59. The van der Waals surface area contributed by atoms with Gasteiger partial charge in [-0.05, 0) is 48.7 Å². The summed E-state index contributed by atoms with van der Waals surface area (Å²) < 4.78 is 35.5. The van der Waals surface area contributed by atoms with Crippen molar-refractivity contribution in [1.29, 1.82) is 0 Å². The van der Waals surface area contributed by atoms with E-state index >= 15 is 0 Å². The van der Waals surface area contributed by atoms with Gasteiger partial charge in [-0.1, -0.05) is 60.2 Å². The van der Waals surface area contributed by atoms with Gasteiger partial charge in [0.15, 0.2) is 0 Å². The van der Waals surface area contributed by atoms with Gasteiger partial charge in [0.25, 0.3) is 0 Å². The third-order valence-corrected chi connectivity index (χ3v) is 6.19. The Kier molecular flexibility index (Phi) is 7.09. The molecule has 2 N–H and O–H groups in total. The van der Waals surface area contributed by atoms with Gasteiger partial charge < -0.3 is 14.7 Å². The van der Waals surface area contributed by atoms with E-state index in [1.54, 1.807) is 24.3 Å². The molecule has 0 spiro atoms. The van der Waals surface area contributed by atoms with Crippen molar-refractivity contribution in [3.8, 4) is 5.75 Å². The predicted molar refractivity (Wildman–Crippen MR) is 118 cm³/mol. The van der Waals surface area contributed by atoms with Crippen LogP contribution >= 0.6 is 0 Å². The van der Waals surface area contributed by atoms with Crippen molar-refractivity contribution in [2.24, 2.45) is 5.73 Å². The molecule has 0 amide bonds. The molecule has 0 saturated carbocycles. The zero-order valence-corrected chi connectivity index (χ0v) is 18.2. The van der Waals surface area contributed by atoms with Crippen molar-refractivity contribution in [1.82, 2.24) is 0 Å². The van der Waals surface area contributed by atoms with Crippen LogP contribution in [0.3, 0.4) is 0 Å². The highest BCUT2D eigenvalue weighted by Crippen LogP contribution is 2.28. The molecule has 0 aliphatic heterocycles. The third kappa shape index (κ3) is 5.71. The molecule has 0 aromatic heterocycles. The molecule has 3 aromatic carbocycles. The lowest BCUT2D eigenvalue weighted by molar-refractivity contribution is -0.143. The van der Waals surface area contributed by atoms with E-state index < -0.39 is 28.0 Å². The first-order valence-corrected chi connectivity index (χ1v) is 11.2. The van der Waals surface area contributed by atoms with E-state index in [4.69, 9.17) is 14.7 Å². The van der Waals surface area contributed by atoms with Crippen LogP contribution < -0.4 is 9.92 Å². The highest BCUT2D eigenvalue weighted by Gasteiger charge is 2.29. The second-order valence-corrected chi connectivity index (χ2v) is 8.82. The van der Waals surface area contributed by atoms with Gasteiger partial charge in [-0.15, -0.1) is 0 Å². The molecule has 3 rings (SSSR count). The molecule has 0 aliphatic rings. The molecule has 31 heavy (non-hydrogen) atoms. The minimum Gasteiger partial charge on any atom is -0.469 e. The lowest BCUT2D eigenvalue weighted by Crippen LogP contribution is -2.36. The van der Waals surface area contributed by atoms with Gasteiger partial charge in [0.1, 0.15) is 10.6 Å². The minimum absolute atomic E-state index is 0.0498. The quantitative estimate of drug-likeness (QED) is 0.426. The van der Waals surface area contributed by atoms with Crippen molar-refractivity contribution in [3.63, 3.8) is 0 Å². The van der Waals surface area contributed by atoms with E-state index in [-0.39, 0.29) is 10.6 Å². The summed E-state index contributed by atoms with van der Waals surface area (Å²) in [4.78, 5) is 12.6. The van der Waals surface area contributed by atoms with E-state index in [0.717, 1.165) is 11.1 Å². The molecule has 0 bridgehead atoms. The van der Waals surface area contributed by atoms with E-state index in [0.29, 0.717) is 12.0 Å². The van der Waals surface area contributed by atoms with Gasteiger partial charge in [-0.3, -0.25) is 4.79 Å². The number of hydrogen-bond acceptors (Lipinski definition) is 6. The molecule has 6 nitrogen and oxygen atoms in total. The van der Waals surface area contributed by atoms with E-state index in [9.17, 15) is 13.2 Å². The first-order valence-electron chi connectivity index (χ1n) is 9.78. The summed E-state index contributed by atoms with van der Waals surface area (Å²) in [5.74, 6) is -1.18. The maximum atomic E-state index is 12.6. The number of ether oxygens (including phenoxy) is 1. The summed E-state index contributed by atoms with van der Waals surface area (Å²) in [5, 5.41) is 0. The summed E-state index contributed by atoms with van der Waals surface area (Å²) in [7, 11) is -2.72. The van der Waals surface area contributed by atoms with Gasteiger partial charge >= 0.3 is 16.1 Å². The van der Waals surface area contributed by atoms with E-state index in [1.807, 2.05) is 37.3 Å². The molecule has 162 valence electrons. The average molecular weight is 440 g/mol. The summed E-state index contributed by atoms with van der Waals surface area (Å²) in [6, 6.07) is 21.7. The molecular weight excluding hydrogens is 414 g/mol. The fourth-order valence-corrected chi connectivity index (χ4v) is 4.25. The van der Waals surface area contributed by atoms with Gasteiger partial charge in [0.05, 0.1) is 13.0 Å². The number of carbonyl (C=O) groups is 1. The Bertz CT molecular complexity index is 1130. The lowest BCUT2D eigenvalue weighted by atomic mass is 9.88. The molecule has 7 heteroatoms. The lowest BCUT2D eigenvalue weighted by Gasteiger charge is -2.22. The zero-order valence-electron chi connectivity index (χ0n) is 17.4. The number of benzene rings is 3. The van der Waals surface area contributed by atoms with Gasteiger partial charge in [0, 0.05) is 6.04 Å².